The van der Waals surface area contributed by atoms with E-state index in [9.17, 15) is 5.11 Å². The van der Waals surface area contributed by atoms with Gasteiger partial charge in [0.2, 0.25) is 0 Å². The van der Waals surface area contributed by atoms with Gasteiger partial charge in [0.15, 0.2) is 0 Å². The van der Waals surface area contributed by atoms with Crippen molar-refractivity contribution in [2.75, 3.05) is 0 Å². The first kappa shape index (κ1) is 8.25. The van der Waals surface area contributed by atoms with Gasteiger partial charge in [-0.1, -0.05) is 12.8 Å². The average molecular weight is 181 g/mol. The summed E-state index contributed by atoms with van der Waals surface area (Å²) in [5, 5.41) is 13.6. The van der Waals surface area contributed by atoms with Crippen LogP contribution in [-0.4, -0.2) is 23.3 Å². The zero-order valence-corrected chi connectivity index (χ0v) is 8.08. The van der Waals surface area contributed by atoms with Gasteiger partial charge in [-0.3, -0.25) is 0 Å². The molecular formula is C11H19NO. The summed E-state index contributed by atoms with van der Waals surface area (Å²) >= 11 is 0. The lowest BCUT2D eigenvalue weighted by molar-refractivity contribution is 0.0797. The van der Waals surface area contributed by atoms with Gasteiger partial charge in [-0.15, -0.1) is 0 Å². The number of hydrogen-bond acceptors (Lipinski definition) is 2. The molecule has 3 fully saturated rings. The van der Waals surface area contributed by atoms with Gasteiger partial charge in [-0.2, -0.15) is 0 Å². The average Bonchev–Trinajstić information content (AvgIpc) is 2.71. The Labute approximate surface area is 79.7 Å². The van der Waals surface area contributed by atoms with Crippen LogP contribution in [0.15, 0.2) is 0 Å². The standard InChI is InChI=1S/C11H19NO/c13-11(5-7-1-2-7)9-6-8-3-4-10(9)12-8/h7-13H,1-6H2. The van der Waals surface area contributed by atoms with E-state index in [0.717, 1.165) is 18.4 Å². The second kappa shape index (κ2) is 2.96. The molecule has 3 aliphatic rings. The van der Waals surface area contributed by atoms with Crippen LogP contribution in [0.1, 0.15) is 38.5 Å². The molecule has 0 aromatic carbocycles. The Kier molecular flexibility index (Phi) is 1.88. The summed E-state index contributed by atoms with van der Waals surface area (Å²) < 4.78 is 0. The van der Waals surface area contributed by atoms with E-state index < -0.39 is 0 Å². The van der Waals surface area contributed by atoms with Crippen molar-refractivity contribution in [3.8, 4) is 0 Å². The topological polar surface area (TPSA) is 32.3 Å². The van der Waals surface area contributed by atoms with Crippen LogP contribution in [0.4, 0.5) is 0 Å². The van der Waals surface area contributed by atoms with Crippen molar-refractivity contribution in [3.63, 3.8) is 0 Å². The molecule has 1 aliphatic carbocycles. The monoisotopic (exact) mass is 181 g/mol. The van der Waals surface area contributed by atoms with E-state index in [1.807, 2.05) is 0 Å². The van der Waals surface area contributed by atoms with Gasteiger partial charge in [0.1, 0.15) is 0 Å². The number of rotatable bonds is 3. The van der Waals surface area contributed by atoms with Crippen molar-refractivity contribution in [2.24, 2.45) is 11.8 Å². The van der Waals surface area contributed by atoms with Gasteiger partial charge in [0, 0.05) is 18.0 Å². The minimum absolute atomic E-state index is 0.00435. The highest BCUT2D eigenvalue weighted by Crippen LogP contribution is 2.40. The van der Waals surface area contributed by atoms with E-state index >= 15 is 0 Å². The Balaban J connectivity index is 1.58. The van der Waals surface area contributed by atoms with E-state index in [0.29, 0.717) is 12.0 Å². The Hall–Kier alpha value is -0.0800. The number of hydrogen-bond donors (Lipinski definition) is 2. The quantitative estimate of drug-likeness (QED) is 0.687. The molecule has 3 rings (SSSR count). The van der Waals surface area contributed by atoms with Crippen LogP contribution in [0.3, 0.4) is 0 Å². The zero-order chi connectivity index (χ0) is 8.84. The molecular weight excluding hydrogens is 162 g/mol. The predicted octanol–water partition coefficient (Wildman–Crippen LogP) is 1.29. The Bertz CT molecular complexity index is 202. The second-order valence-electron chi connectivity index (χ2n) is 5.19. The number of aliphatic hydroxyl groups excluding tert-OH is 1. The fraction of sp³-hybridized carbons (Fsp3) is 1.00. The van der Waals surface area contributed by atoms with Crippen LogP contribution in [0.5, 0.6) is 0 Å². The molecule has 13 heavy (non-hydrogen) atoms. The lowest BCUT2D eigenvalue weighted by Gasteiger charge is -2.25. The third kappa shape index (κ3) is 1.50. The van der Waals surface area contributed by atoms with Crippen molar-refractivity contribution in [1.29, 1.82) is 0 Å². The maximum absolute atomic E-state index is 10.0. The number of nitrogens with one attached hydrogen (secondary N) is 1. The molecule has 2 nitrogen and oxygen atoms in total. The number of aliphatic hydroxyl groups is 1. The van der Waals surface area contributed by atoms with Crippen molar-refractivity contribution in [1.82, 2.24) is 5.32 Å². The van der Waals surface area contributed by atoms with Crippen LogP contribution in [0.25, 0.3) is 0 Å². The van der Waals surface area contributed by atoms with Gasteiger partial charge in [-0.25, -0.2) is 0 Å². The van der Waals surface area contributed by atoms with E-state index in [1.165, 1.54) is 32.1 Å². The second-order valence-corrected chi connectivity index (χ2v) is 5.19. The Morgan fingerprint density at radius 2 is 2.08 bits per heavy atom. The summed E-state index contributed by atoms with van der Waals surface area (Å²) in [6, 6.07) is 1.39. The molecule has 4 unspecified atom stereocenters. The molecule has 0 aromatic rings. The molecule has 2 saturated heterocycles. The third-order valence-corrected chi connectivity index (χ3v) is 4.12. The summed E-state index contributed by atoms with van der Waals surface area (Å²) in [5.74, 6) is 1.45. The van der Waals surface area contributed by atoms with Gasteiger partial charge in [0.05, 0.1) is 6.10 Å². The maximum atomic E-state index is 10.0. The highest BCUT2D eigenvalue weighted by atomic mass is 16.3. The molecule has 1 saturated carbocycles. The lowest BCUT2D eigenvalue weighted by atomic mass is 9.83. The highest BCUT2D eigenvalue weighted by Gasteiger charge is 2.43. The van der Waals surface area contributed by atoms with E-state index in [2.05, 4.69) is 5.32 Å². The van der Waals surface area contributed by atoms with Crippen molar-refractivity contribution < 1.29 is 5.11 Å². The van der Waals surface area contributed by atoms with Crippen molar-refractivity contribution in [3.05, 3.63) is 0 Å². The normalized spacial score (nSPS) is 45.5. The lowest BCUT2D eigenvalue weighted by Crippen LogP contribution is -2.32. The van der Waals surface area contributed by atoms with Crippen molar-refractivity contribution >= 4 is 0 Å². The van der Waals surface area contributed by atoms with Gasteiger partial charge < -0.3 is 10.4 Å². The summed E-state index contributed by atoms with van der Waals surface area (Å²) in [6.45, 7) is 0. The van der Waals surface area contributed by atoms with Crippen LogP contribution in [0, 0.1) is 11.8 Å². The summed E-state index contributed by atoms with van der Waals surface area (Å²) in [4.78, 5) is 0. The third-order valence-electron chi connectivity index (χ3n) is 4.12. The smallest absolute Gasteiger partial charge is 0.0586 e. The van der Waals surface area contributed by atoms with Gasteiger partial charge >= 0.3 is 0 Å². The largest absolute Gasteiger partial charge is 0.393 e. The molecule has 2 heteroatoms. The maximum Gasteiger partial charge on any atom is 0.0586 e. The molecule has 0 amide bonds. The SMILES string of the molecule is OC(CC1CC1)C1CC2CCC1N2. The van der Waals surface area contributed by atoms with Crippen molar-refractivity contribution in [2.45, 2.75) is 56.7 Å². The molecule has 2 heterocycles. The van der Waals surface area contributed by atoms with Crippen LogP contribution >= 0.6 is 0 Å². The van der Waals surface area contributed by atoms with E-state index in [4.69, 9.17) is 0 Å². The molecule has 4 atom stereocenters. The molecule has 2 aliphatic heterocycles. The zero-order valence-electron chi connectivity index (χ0n) is 8.08. The minimum atomic E-state index is -0.00435. The van der Waals surface area contributed by atoms with E-state index in [1.54, 1.807) is 0 Å². The molecule has 0 aromatic heterocycles. The highest BCUT2D eigenvalue weighted by molar-refractivity contribution is 5.00. The fourth-order valence-electron chi connectivity index (χ4n) is 3.16. The Morgan fingerprint density at radius 1 is 1.23 bits per heavy atom. The fourth-order valence-corrected chi connectivity index (χ4v) is 3.16. The summed E-state index contributed by atoms with van der Waals surface area (Å²) in [7, 11) is 0. The minimum Gasteiger partial charge on any atom is -0.393 e. The van der Waals surface area contributed by atoms with Crippen LogP contribution in [0.2, 0.25) is 0 Å². The predicted molar refractivity (Wildman–Crippen MR) is 51.4 cm³/mol. The molecule has 0 radical (unpaired) electrons. The summed E-state index contributed by atoms with van der Waals surface area (Å²) in [5.41, 5.74) is 0. The first-order chi connectivity index (χ1) is 6.33. The first-order valence-electron chi connectivity index (χ1n) is 5.77. The molecule has 74 valence electrons. The first-order valence-corrected chi connectivity index (χ1v) is 5.77. The van der Waals surface area contributed by atoms with Crippen LogP contribution < -0.4 is 5.32 Å². The number of fused-ring (bicyclic) bond motifs is 2. The summed E-state index contributed by atoms with van der Waals surface area (Å²) in [6.07, 6.45) is 7.69. The Morgan fingerprint density at radius 3 is 2.62 bits per heavy atom. The van der Waals surface area contributed by atoms with Gasteiger partial charge in [0.25, 0.3) is 0 Å². The van der Waals surface area contributed by atoms with E-state index in [-0.39, 0.29) is 6.10 Å². The molecule has 2 N–H and O–H groups in total. The van der Waals surface area contributed by atoms with Crippen LogP contribution in [-0.2, 0) is 0 Å². The van der Waals surface area contributed by atoms with Gasteiger partial charge in [-0.05, 0) is 31.6 Å². The molecule has 2 bridgehead atoms. The molecule has 0 spiro atoms.